The summed E-state index contributed by atoms with van der Waals surface area (Å²) in [6.07, 6.45) is 0. The Morgan fingerprint density at radius 1 is 0.400 bits per heavy atom. The maximum atomic E-state index is 9.40. The zero-order valence-corrected chi connectivity index (χ0v) is 23.8. The van der Waals surface area contributed by atoms with Gasteiger partial charge in [-0.2, -0.15) is 0 Å². The van der Waals surface area contributed by atoms with Crippen molar-refractivity contribution in [1.82, 2.24) is 0 Å². The molecular weight excluding hydrogens is 544 g/mol. The highest BCUT2D eigenvalue weighted by Crippen LogP contribution is 2.47. The summed E-state index contributed by atoms with van der Waals surface area (Å²) in [5.74, 6) is 0. The minimum atomic E-state index is -0.543. The van der Waals surface area contributed by atoms with Gasteiger partial charge in [-0.1, -0.05) is 158 Å². The van der Waals surface area contributed by atoms with Gasteiger partial charge in [0.15, 0.2) is 0 Å². The van der Waals surface area contributed by atoms with E-state index in [9.17, 15) is 2.74 Å². The molecule has 0 spiro atoms. The van der Waals surface area contributed by atoms with Crippen molar-refractivity contribution in [2.75, 3.05) is 0 Å². The van der Waals surface area contributed by atoms with Crippen LogP contribution in [0.15, 0.2) is 174 Å². The molecule has 1 nitrogen and oxygen atoms in total. The van der Waals surface area contributed by atoms with E-state index in [0.29, 0.717) is 5.56 Å². The number of hydrogen-bond donors (Lipinski definition) is 0. The number of furan rings is 1. The first-order valence-corrected chi connectivity index (χ1v) is 14.6. The van der Waals surface area contributed by atoms with E-state index in [0.717, 1.165) is 43.8 Å². The highest BCUT2D eigenvalue weighted by Gasteiger charge is 2.21. The van der Waals surface area contributed by atoms with Crippen LogP contribution in [-0.2, 0) is 0 Å². The van der Waals surface area contributed by atoms with Crippen LogP contribution in [0.25, 0.3) is 88.0 Å². The molecule has 0 aliphatic heterocycles. The Morgan fingerprint density at radius 2 is 1.04 bits per heavy atom. The molecule has 0 aliphatic carbocycles. The lowest BCUT2D eigenvalue weighted by molar-refractivity contribution is 0.670. The molecule has 0 amide bonds. The van der Waals surface area contributed by atoms with Crippen molar-refractivity contribution in [2.24, 2.45) is 0 Å². The minimum Gasteiger partial charge on any atom is -0.455 e. The third kappa shape index (κ3) is 4.09. The summed E-state index contributed by atoms with van der Waals surface area (Å²) < 4.78 is 94.3. The number of rotatable bonds is 4. The molecular formula is C44H28O. The van der Waals surface area contributed by atoms with E-state index in [1.165, 1.54) is 6.07 Å². The zero-order valence-electron chi connectivity index (χ0n) is 33.8. The fraction of sp³-hybridized carbons (Fsp3) is 0. The summed E-state index contributed by atoms with van der Waals surface area (Å²) in [6, 6.07) is 30.8. The van der Waals surface area contributed by atoms with Crippen LogP contribution in [0, 0.1) is 0 Å². The van der Waals surface area contributed by atoms with Gasteiger partial charge in [-0.25, -0.2) is 0 Å². The average Bonchev–Trinajstić information content (AvgIpc) is 3.60. The highest BCUT2D eigenvalue weighted by molar-refractivity contribution is 6.25. The molecule has 0 fully saturated rings. The molecule has 210 valence electrons. The summed E-state index contributed by atoms with van der Waals surface area (Å²) in [5.41, 5.74) is 4.46. The molecule has 1 heteroatoms. The Morgan fingerprint density at radius 3 is 1.82 bits per heavy atom. The van der Waals surface area contributed by atoms with E-state index in [1.807, 2.05) is 72.8 Å². The van der Waals surface area contributed by atoms with Crippen molar-refractivity contribution in [2.45, 2.75) is 0 Å². The molecule has 9 aromatic rings. The lowest BCUT2D eigenvalue weighted by Gasteiger charge is -2.18. The molecule has 9 rings (SSSR count). The number of hydrogen-bond acceptors (Lipinski definition) is 1. The molecule has 8 aromatic carbocycles. The van der Waals surface area contributed by atoms with E-state index in [-0.39, 0.29) is 50.7 Å². The van der Waals surface area contributed by atoms with Gasteiger partial charge >= 0.3 is 0 Å². The molecule has 0 radical (unpaired) electrons. The van der Waals surface area contributed by atoms with E-state index < -0.39 is 48.3 Å². The first kappa shape index (κ1) is 17.4. The molecule has 0 saturated carbocycles. The fourth-order valence-electron chi connectivity index (χ4n) is 6.46. The van der Waals surface area contributed by atoms with Crippen molar-refractivity contribution in [3.8, 4) is 44.5 Å². The smallest absolute Gasteiger partial charge is 0.143 e. The Bertz CT molecular complexity index is 3040. The lowest BCUT2D eigenvalue weighted by atomic mass is 9.85. The minimum absolute atomic E-state index is 0.00809. The van der Waals surface area contributed by atoms with Gasteiger partial charge in [-0.3, -0.25) is 0 Å². The van der Waals surface area contributed by atoms with Crippen molar-refractivity contribution < 1.29 is 18.1 Å². The normalized spacial score (nSPS) is 14.7. The molecule has 1 aromatic heterocycles. The van der Waals surface area contributed by atoms with Gasteiger partial charge < -0.3 is 4.42 Å². The van der Waals surface area contributed by atoms with E-state index in [4.69, 9.17) is 15.4 Å². The van der Waals surface area contributed by atoms with Crippen molar-refractivity contribution in [3.63, 3.8) is 0 Å². The quantitative estimate of drug-likeness (QED) is 0.188. The monoisotopic (exact) mass is 582 g/mol. The summed E-state index contributed by atoms with van der Waals surface area (Å²) in [6.45, 7) is 0. The van der Waals surface area contributed by atoms with Crippen molar-refractivity contribution in [3.05, 3.63) is 170 Å². The van der Waals surface area contributed by atoms with Crippen LogP contribution in [0.2, 0.25) is 0 Å². The molecule has 0 bridgehead atoms. The topological polar surface area (TPSA) is 13.1 Å². The fourth-order valence-corrected chi connectivity index (χ4v) is 6.46. The van der Waals surface area contributed by atoms with Gasteiger partial charge in [0, 0.05) is 21.9 Å². The highest BCUT2D eigenvalue weighted by atomic mass is 16.3. The Hall–Kier alpha value is -5.92. The van der Waals surface area contributed by atoms with Crippen LogP contribution in [0.1, 0.15) is 13.7 Å². The van der Waals surface area contributed by atoms with Gasteiger partial charge in [0.2, 0.25) is 0 Å². The van der Waals surface area contributed by atoms with Crippen molar-refractivity contribution >= 4 is 43.5 Å². The molecule has 0 saturated heterocycles. The van der Waals surface area contributed by atoms with E-state index in [1.54, 1.807) is 0 Å². The number of fused-ring (bicyclic) bond motifs is 5. The van der Waals surface area contributed by atoms with E-state index >= 15 is 0 Å². The predicted octanol–water partition coefficient (Wildman–Crippen LogP) is 12.6. The Labute approximate surface area is 275 Å². The second-order valence-corrected chi connectivity index (χ2v) is 10.9. The van der Waals surface area contributed by atoms with Crippen LogP contribution < -0.4 is 0 Å². The molecule has 45 heavy (non-hydrogen) atoms. The second kappa shape index (κ2) is 10.4. The van der Waals surface area contributed by atoms with Crippen LogP contribution in [0.3, 0.4) is 0 Å². The van der Waals surface area contributed by atoms with Gasteiger partial charge in [-0.05, 0) is 67.0 Å². The average molecular weight is 583 g/mol. The van der Waals surface area contributed by atoms with Crippen LogP contribution in [-0.4, -0.2) is 0 Å². The van der Waals surface area contributed by atoms with Gasteiger partial charge in [0.1, 0.15) is 11.2 Å². The summed E-state index contributed by atoms with van der Waals surface area (Å²) >= 11 is 0. The maximum absolute atomic E-state index is 9.40. The third-order valence-electron chi connectivity index (χ3n) is 8.38. The number of para-hydroxylation sites is 1. The van der Waals surface area contributed by atoms with Crippen LogP contribution >= 0.6 is 0 Å². The van der Waals surface area contributed by atoms with Gasteiger partial charge in [0.05, 0.1) is 13.7 Å². The number of benzene rings is 8. The maximum Gasteiger partial charge on any atom is 0.143 e. The first-order chi connectivity index (χ1) is 26.5. The van der Waals surface area contributed by atoms with Gasteiger partial charge in [-0.15, -0.1) is 0 Å². The van der Waals surface area contributed by atoms with Crippen molar-refractivity contribution in [1.29, 1.82) is 0 Å². The largest absolute Gasteiger partial charge is 0.455 e. The molecule has 0 unspecified atom stereocenters. The first-order valence-electron chi connectivity index (χ1n) is 19.6. The predicted molar refractivity (Wildman–Crippen MR) is 190 cm³/mol. The Kier molecular flexibility index (Phi) is 4.01. The molecule has 0 N–H and O–H groups in total. The van der Waals surface area contributed by atoms with E-state index in [2.05, 4.69) is 30.3 Å². The van der Waals surface area contributed by atoms with Crippen LogP contribution in [0.5, 0.6) is 0 Å². The summed E-state index contributed by atoms with van der Waals surface area (Å²) in [4.78, 5) is 0. The SMILES string of the molecule is [2H]c1cc(-c2c([2H])c([2H])c([2H])c3oc4c(-c5c6ccccc6c(-c6cccc(-c7ccccc7)c6)c6ccccc56)c([2H])c([2H])c([2H])c4c23)c([2H])c([2H])c1[2H]. The molecule has 0 atom stereocenters. The molecule has 1 heterocycles. The zero-order chi connectivity index (χ0) is 38.4. The van der Waals surface area contributed by atoms with Crippen LogP contribution in [0.4, 0.5) is 0 Å². The lowest BCUT2D eigenvalue weighted by Crippen LogP contribution is -1.91. The third-order valence-corrected chi connectivity index (χ3v) is 8.38. The standard InChI is InChI=1S/C44H28O/c1-3-14-29(15-4-1)31-18-11-19-32(28-31)41-34-20-7-9-22-36(34)42(37-23-10-8-21-35(37)41)38-25-12-26-39-43-33(30-16-5-2-6-17-30)24-13-27-40(43)45-44(38)39/h1-28H/i2D,5D,6D,12D,13D,16D,24D,25D,26D,27D. The van der Waals surface area contributed by atoms with Gasteiger partial charge in [0.25, 0.3) is 0 Å². The summed E-state index contributed by atoms with van der Waals surface area (Å²) in [5, 5.41) is 3.27. The molecule has 0 aliphatic rings. The second-order valence-electron chi connectivity index (χ2n) is 10.9. The summed E-state index contributed by atoms with van der Waals surface area (Å²) in [7, 11) is 0. The Balaban J connectivity index is 1.44.